The zero-order valence-corrected chi connectivity index (χ0v) is 13.0. The van der Waals surface area contributed by atoms with Gasteiger partial charge in [0.25, 0.3) is 0 Å². The molecule has 2 aromatic heterocycles. The van der Waals surface area contributed by atoms with E-state index in [4.69, 9.17) is 11.6 Å². The van der Waals surface area contributed by atoms with Crippen LogP contribution in [0.2, 0.25) is 0 Å². The van der Waals surface area contributed by atoms with Crippen molar-refractivity contribution in [2.45, 2.75) is 18.7 Å². The molecule has 0 aromatic carbocycles. The predicted molar refractivity (Wildman–Crippen MR) is 81.0 cm³/mol. The molecule has 0 N–H and O–H groups in total. The molecule has 0 bridgehead atoms. The lowest BCUT2D eigenvalue weighted by Gasteiger charge is -2.15. The Kier molecular flexibility index (Phi) is 5.36. The number of rotatable bonds is 6. The number of likely N-dealkylation sites (N-methyl/N-ethyl adjacent to an activating group) is 1. The summed E-state index contributed by atoms with van der Waals surface area (Å²) in [5.41, 5.74) is 0.843. The van der Waals surface area contributed by atoms with Crippen molar-refractivity contribution in [1.82, 2.24) is 9.88 Å². The number of hydrogen-bond acceptors (Lipinski definition) is 4. The quantitative estimate of drug-likeness (QED) is 0.767. The molecule has 0 aliphatic carbocycles. The van der Waals surface area contributed by atoms with Gasteiger partial charge in [0.05, 0.1) is 18.0 Å². The van der Waals surface area contributed by atoms with Gasteiger partial charge in [-0.1, -0.05) is 6.07 Å². The first-order valence-electron chi connectivity index (χ1n) is 5.94. The van der Waals surface area contributed by atoms with E-state index in [1.54, 1.807) is 16.2 Å². The summed E-state index contributed by atoms with van der Waals surface area (Å²) in [6, 6.07) is 4.13. The molecule has 3 nitrogen and oxygen atoms in total. The molecule has 0 unspecified atom stereocenters. The molecule has 19 heavy (non-hydrogen) atoms. The first-order chi connectivity index (χ1) is 9.19. The zero-order valence-electron chi connectivity index (χ0n) is 10.6. The van der Waals surface area contributed by atoms with Crippen LogP contribution < -0.4 is 0 Å². The van der Waals surface area contributed by atoms with E-state index in [0.717, 1.165) is 23.7 Å². The first-order valence-corrected chi connectivity index (χ1v) is 8.24. The molecule has 0 radical (unpaired) electrons. The van der Waals surface area contributed by atoms with Crippen molar-refractivity contribution in [3.8, 4) is 0 Å². The van der Waals surface area contributed by atoms with Crippen LogP contribution in [0.1, 0.15) is 15.6 Å². The Morgan fingerprint density at radius 2 is 2.32 bits per heavy atom. The minimum absolute atomic E-state index is 0.104. The van der Waals surface area contributed by atoms with Crippen molar-refractivity contribution in [2.75, 3.05) is 13.6 Å². The number of carbonyl (C=O) groups is 1. The topological polar surface area (TPSA) is 33.2 Å². The molecule has 6 heteroatoms. The van der Waals surface area contributed by atoms with Crippen molar-refractivity contribution < 1.29 is 4.79 Å². The minimum atomic E-state index is 0.104. The molecule has 2 heterocycles. The van der Waals surface area contributed by atoms with Gasteiger partial charge in [0, 0.05) is 23.8 Å². The molecule has 0 saturated heterocycles. The van der Waals surface area contributed by atoms with Crippen LogP contribution in [0.5, 0.6) is 0 Å². The normalized spacial score (nSPS) is 10.6. The first kappa shape index (κ1) is 14.5. The molecule has 0 fully saturated rings. The highest BCUT2D eigenvalue weighted by atomic mass is 35.5. The van der Waals surface area contributed by atoms with Crippen molar-refractivity contribution >= 4 is 40.2 Å². The summed E-state index contributed by atoms with van der Waals surface area (Å²) in [4.78, 5) is 19.4. The van der Waals surface area contributed by atoms with E-state index in [1.807, 2.05) is 18.5 Å². The lowest BCUT2D eigenvalue weighted by molar-refractivity contribution is -0.129. The van der Waals surface area contributed by atoms with Crippen LogP contribution >= 0.6 is 34.3 Å². The summed E-state index contributed by atoms with van der Waals surface area (Å²) in [6.07, 6.45) is 1.27. The van der Waals surface area contributed by atoms with E-state index in [1.165, 1.54) is 16.2 Å². The van der Waals surface area contributed by atoms with Crippen molar-refractivity contribution in [3.63, 3.8) is 0 Å². The SMILES string of the molecule is CN(CCc1cccs1)C(=O)Cc1nc(CCl)cs1. The summed E-state index contributed by atoms with van der Waals surface area (Å²) in [5.74, 6) is 0.505. The van der Waals surface area contributed by atoms with E-state index >= 15 is 0 Å². The largest absolute Gasteiger partial charge is 0.345 e. The van der Waals surface area contributed by atoms with E-state index in [2.05, 4.69) is 16.4 Å². The maximum Gasteiger partial charge on any atom is 0.229 e. The van der Waals surface area contributed by atoms with Crippen LogP contribution in [-0.4, -0.2) is 29.4 Å². The summed E-state index contributed by atoms with van der Waals surface area (Å²) in [5, 5.41) is 4.80. The van der Waals surface area contributed by atoms with Crippen molar-refractivity contribution in [1.29, 1.82) is 0 Å². The second-order valence-corrected chi connectivity index (χ2v) is 6.43. The highest BCUT2D eigenvalue weighted by molar-refractivity contribution is 7.10. The third-order valence-electron chi connectivity index (χ3n) is 2.74. The van der Waals surface area contributed by atoms with Gasteiger partial charge in [-0.2, -0.15) is 0 Å². The zero-order chi connectivity index (χ0) is 13.7. The molecule has 0 aliphatic heterocycles. The highest BCUT2D eigenvalue weighted by Crippen LogP contribution is 2.13. The number of carbonyl (C=O) groups excluding carboxylic acids is 1. The number of aromatic nitrogens is 1. The van der Waals surface area contributed by atoms with Gasteiger partial charge in [0.15, 0.2) is 0 Å². The fourth-order valence-corrected chi connectivity index (χ4v) is 3.32. The van der Waals surface area contributed by atoms with E-state index in [-0.39, 0.29) is 5.91 Å². The molecule has 0 spiro atoms. The second kappa shape index (κ2) is 7.03. The maximum atomic E-state index is 12.0. The van der Waals surface area contributed by atoms with Gasteiger partial charge in [0.1, 0.15) is 5.01 Å². The smallest absolute Gasteiger partial charge is 0.229 e. The van der Waals surface area contributed by atoms with Crippen LogP contribution in [0.3, 0.4) is 0 Å². The Morgan fingerprint density at radius 3 is 2.95 bits per heavy atom. The lowest BCUT2D eigenvalue weighted by Crippen LogP contribution is -2.30. The number of halogens is 1. The van der Waals surface area contributed by atoms with Crippen LogP contribution in [-0.2, 0) is 23.5 Å². The van der Waals surface area contributed by atoms with Gasteiger partial charge in [-0.3, -0.25) is 4.79 Å². The third kappa shape index (κ3) is 4.30. The van der Waals surface area contributed by atoms with Crippen LogP contribution in [0.25, 0.3) is 0 Å². The molecule has 2 aromatic rings. The van der Waals surface area contributed by atoms with Crippen molar-refractivity contribution in [3.05, 3.63) is 38.5 Å². The van der Waals surface area contributed by atoms with Crippen molar-refractivity contribution in [2.24, 2.45) is 0 Å². The van der Waals surface area contributed by atoms with Gasteiger partial charge in [-0.25, -0.2) is 4.98 Å². The Bertz CT molecular complexity index is 524. The maximum absolute atomic E-state index is 12.0. The Labute approximate surface area is 125 Å². The molecule has 102 valence electrons. The van der Waals surface area contributed by atoms with Gasteiger partial charge in [-0.05, 0) is 17.9 Å². The van der Waals surface area contributed by atoms with E-state index < -0.39 is 0 Å². The summed E-state index contributed by atoms with van der Waals surface area (Å²) in [7, 11) is 1.84. The monoisotopic (exact) mass is 314 g/mol. The number of alkyl halides is 1. The highest BCUT2D eigenvalue weighted by Gasteiger charge is 2.12. The number of nitrogens with zero attached hydrogens (tertiary/aromatic N) is 2. The fraction of sp³-hybridized carbons (Fsp3) is 0.385. The molecule has 1 amide bonds. The van der Waals surface area contributed by atoms with Gasteiger partial charge in [0.2, 0.25) is 5.91 Å². The summed E-state index contributed by atoms with van der Waals surface area (Å²) < 4.78 is 0. The fourth-order valence-electron chi connectivity index (χ4n) is 1.61. The average molecular weight is 315 g/mol. The molecule has 2 rings (SSSR count). The molecular formula is C13H15ClN2OS2. The molecule has 0 saturated carbocycles. The van der Waals surface area contributed by atoms with Crippen LogP contribution in [0.4, 0.5) is 0 Å². The summed E-state index contributed by atoms with van der Waals surface area (Å²) >= 11 is 8.91. The second-order valence-electron chi connectivity index (χ2n) is 4.19. The number of thiazole rings is 1. The molecular weight excluding hydrogens is 300 g/mol. The lowest BCUT2D eigenvalue weighted by atomic mass is 10.3. The standard InChI is InChI=1S/C13H15ClN2OS2/c1-16(5-4-11-3-2-6-18-11)13(17)7-12-15-10(8-14)9-19-12/h2-3,6,9H,4-5,7-8H2,1H3. The van der Waals surface area contributed by atoms with E-state index in [9.17, 15) is 4.79 Å². The number of amides is 1. The Hall–Kier alpha value is -0.910. The minimum Gasteiger partial charge on any atom is -0.345 e. The average Bonchev–Trinajstić information content (AvgIpc) is 3.06. The van der Waals surface area contributed by atoms with Crippen LogP contribution in [0.15, 0.2) is 22.9 Å². The summed E-state index contributed by atoms with van der Waals surface area (Å²) in [6.45, 7) is 0.743. The predicted octanol–water partition coefficient (Wildman–Crippen LogP) is 3.19. The van der Waals surface area contributed by atoms with Gasteiger partial charge >= 0.3 is 0 Å². The number of hydrogen-bond donors (Lipinski definition) is 0. The van der Waals surface area contributed by atoms with E-state index in [0.29, 0.717) is 12.3 Å². The Morgan fingerprint density at radius 1 is 1.47 bits per heavy atom. The number of thiophene rings is 1. The van der Waals surface area contributed by atoms with Gasteiger partial charge in [-0.15, -0.1) is 34.3 Å². The Balaban J connectivity index is 1.81. The molecule has 0 atom stereocenters. The third-order valence-corrected chi connectivity index (χ3v) is 4.85. The van der Waals surface area contributed by atoms with Crippen LogP contribution in [0, 0.1) is 0 Å². The van der Waals surface area contributed by atoms with Gasteiger partial charge < -0.3 is 4.90 Å². The molecule has 0 aliphatic rings.